The molecule has 1 rings (SSSR count). The summed E-state index contributed by atoms with van der Waals surface area (Å²) in [5.41, 5.74) is 0.388. The van der Waals surface area contributed by atoms with Gasteiger partial charge in [-0.2, -0.15) is 5.26 Å². The van der Waals surface area contributed by atoms with Gasteiger partial charge in [0.2, 0.25) is 0 Å². The van der Waals surface area contributed by atoms with E-state index in [1.807, 2.05) is 6.07 Å². The van der Waals surface area contributed by atoms with Crippen LogP contribution in [-0.2, 0) is 0 Å². The molecule has 0 saturated carbocycles. The molecule has 0 aliphatic carbocycles. The molecule has 0 atom stereocenters. The van der Waals surface area contributed by atoms with E-state index in [0.717, 1.165) is 0 Å². The van der Waals surface area contributed by atoms with Gasteiger partial charge in [0.25, 0.3) is 0 Å². The van der Waals surface area contributed by atoms with Crippen LogP contribution in [0.25, 0.3) is 0 Å². The van der Waals surface area contributed by atoms with Gasteiger partial charge in [-0.3, -0.25) is 0 Å². The standard InChI is InChI=1S/C7H5N2O/c1-10-7-2-6(3-8)4-9-5-7/h2,5H,1H3. The molecule has 0 aromatic carbocycles. The molecule has 0 spiro atoms. The number of nitrogens with zero attached hydrogens (tertiary/aromatic N) is 2. The molecule has 3 heteroatoms. The first-order valence-corrected chi connectivity index (χ1v) is 2.68. The van der Waals surface area contributed by atoms with E-state index in [4.69, 9.17) is 10.00 Å². The summed E-state index contributed by atoms with van der Waals surface area (Å²) in [5, 5.41) is 8.38. The molecular weight excluding hydrogens is 128 g/mol. The highest BCUT2D eigenvalue weighted by atomic mass is 16.5. The Labute approximate surface area is 58.9 Å². The number of methoxy groups -OCH3 is 1. The van der Waals surface area contributed by atoms with Crippen molar-refractivity contribution in [3.63, 3.8) is 0 Å². The second kappa shape index (κ2) is 2.83. The van der Waals surface area contributed by atoms with Gasteiger partial charge in [0, 0.05) is 6.07 Å². The van der Waals surface area contributed by atoms with Crippen molar-refractivity contribution in [3.05, 3.63) is 24.0 Å². The maximum Gasteiger partial charge on any atom is 0.138 e. The zero-order valence-electron chi connectivity index (χ0n) is 5.46. The van der Waals surface area contributed by atoms with Crippen molar-refractivity contribution in [2.75, 3.05) is 7.11 Å². The minimum Gasteiger partial charge on any atom is -0.495 e. The summed E-state index contributed by atoms with van der Waals surface area (Å²) in [6, 6.07) is 3.48. The molecule has 0 amide bonds. The molecule has 0 bridgehead atoms. The zero-order valence-corrected chi connectivity index (χ0v) is 5.46. The number of nitriles is 1. The van der Waals surface area contributed by atoms with Gasteiger partial charge in [-0.1, -0.05) is 0 Å². The fraction of sp³-hybridized carbons (Fsp3) is 0.143. The van der Waals surface area contributed by atoms with Crippen molar-refractivity contribution in [1.29, 1.82) is 5.26 Å². The first-order valence-electron chi connectivity index (χ1n) is 2.68. The van der Waals surface area contributed by atoms with E-state index in [0.29, 0.717) is 11.3 Å². The largest absolute Gasteiger partial charge is 0.495 e. The Bertz CT molecular complexity index is 265. The highest BCUT2D eigenvalue weighted by Crippen LogP contribution is 2.07. The SMILES string of the molecule is COc1cn[c]c(C#N)c1. The second-order valence-corrected chi connectivity index (χ2v) is 1.65. The minimum atomic E-state index is 0.388. The molecule has 1 radical (unpaired) electrons. The van der Waals surface area contributed by atoms with E-state index >= 15 is 0 Å². The molecule has 49 valence electrons. The maximum absolute atomic E-state index is 8.38. The number of rotatable bonds is 1. The molecule has 1 aromatic rings. The lowest BCUT2D eigenvalue weighted by Crippen LogP contribution is -1.85. The maximum atomic E-state index is 8.38. The number of hydrogen-bond acceptors (Lipinski definition) is 3. The lowest BCUT2D eigenvalue weighted by atomic mass is 10.3. The van der Waals surface area contributed by atoms with Gasteiger partial charge in [0.05, 0.1) is 18.9 Å². The molecule has 1 aromatic heterocycles. The van der Waals surface area contributed by atoms with Crippen molar-refractivity contribution in [3.8, 4) is 11.8 Å². The fourth-order valence-electron chi connectivity index (χ4n) is 0.546. The van der Waals surface area contributed by atoms with Crippen LogP contribution in [-0.4, -0.2) is 12.1 Å². The Morgan fingerprint density at radius 1 is 1.80 bits per heavy atom. The molecule has 1 heterocycles. The Morgan fingerprint density at radius 2 is 2.60 bits per heavy atom. The molecule has 10 heavy (non-hydrogen) atoms. The summed E-state index contributed by atoms with van der Waals surface area (Å²) in [7, 11) is 1.53. The predicted octanol–water partition coefficient (Wildman–Crippen LogP) is 0.762. The molecular formula is C7H5N2O. The van der Waals surface area contributed by atoms with Gasteiger partial charge in [-0.15, -0.1) is 0 Å². The van der Waals surface area contributed by atoms with Crippen LogP contribution in [0.3, 0.4) is 0 Å². The number of hydrogen-bond donors (Lipinski definition) is 0. The van der Waals surface area contributed by atoms with Crippen LogP contribution in [0.1, 0.15) is 5.56 Å². The van der Waals surface area contributed by atoms with Crippen LogP contribution in [0, 0.1) is 17.5 Å². The van der Waals surface area contributed by atoms with Crippen molar-refractivity contribution >= 4 is 0 Å². The van der Waals surface area contributed by atoms with E-state index in [1.54, 1.807) is 6.07 Å². The van der Waals surface area contributed by atoms with Crippen LogP contribution in [0.5, 0.6) is 5.75 Å². The summed E-state index contributed by atoms with van der Waals surface area (Å²) < 4.78 is 4.82. The average molecular weight is 133 g/mol. The lowest BCUT2D eigenvalue weighted by Gasteiger charge is -1.95. The van der Waals surface area contributed by atoms with Crippen molar-refractivity contribution in [2.45, 2.75) is 0 Å². The van der Waals surface area contributed by atoms with E-state index in [2.05, 4.69) is 11.2 Å². The number of ether oxygens (including phenoxy) is 1. The normalized spacial score (nSPS) is 8.40. The lowest BCUT2D eigenvalue weighted by molar-refractivity contribution is 0.412. The second-order valence-electron chi connectivity index (χ2n) is 1.65. The number of pyridine rings is 1. The van der Waals surface area contributed by atoms with Crippen molar-refractivity contribution in [2.24, 2.45) is 0 Å². The van der Waals surface area contributed by atoms with Crippen LogP contribution in [0.2, 0.25) is 0 Å². The third-order valence-electron chi connectivity index (χ3n) is 1.02. The molecule has 0 aliphatic rings. The third kappa shape index (κ3) is 1.23. The van der Waals surface area contributed by atoms with Crippen LogP contribution < -0.4 is 4.74 Å². The van der Waals surface area contributed by atoms with Crippen LogP contribution >= 0.6 is 0 Å². The van der Waals surface area contributed by atoms with Gasteiger partial charge in [-0.05, 0) is 0 Å². The summed E-state index contributed by atoms with van der Waals surface area (Å²) >= 11 is 0. The molecule has 0 N–H and O–H groups in total. The van der Waals surface area contributed by atoms with Gasteiger partial charge in [0.1, 0.15) is 18.0 Å². The van der Waals surface area contributed by atoms with Crippen LogP contribution in [0.15, 0.2) is 12.3 Å². The summed E-state index contributed by atoms with van der Waals surface area (Å²) in [6.07, 6.45) is 4.00. The van der Waals surface area contributed by atoms with Crippen molar-refractivity contribution in [1.82, 2.24) is 4.98 Å². The van der Waals surface area contributed by atoms with Gasteiger partial charge >= 0.3 is 0 Å². The monoisotopic (exact) mass is 133 g/mol. The van der Waals surface area contributed by atoms with E-state index < -0.39 is 0 Å². The molecule has 3 nitrogen and oxygen atoms in total. The zero-order chi connectivity index (χ0) is 7.40. The van der Waals surface area contributed by atoms with Gasteiger partial charge < -0.3 is 4.74 Å². The Kier molecular flexibility index (Phi) is 1.86. The smallest absolute Gasteiger partial charge is 0.138 e. The molecule has 0 fully saturated rings. The summed E-state index contributed by atoms with van der Waals surface area (Å²) in [4.78, 5) is 3.65. The average Bonchev–Trinajstić information content (AvgIpc) is 2.05. The molecule has 0 unspecified atom stereocenters. The first-order chi connectivity index (χ1) is 4.86. The predicted molar refractivity (Wildman–Crippen MR) is 34.3 cm³/mol. The summed E-state index contributed by atoms with van der Waals surface area (Å²) in [5.74, 6) is 0.579. The van der Waals surface area contributed by atoms with E-state index in [1.165, 1.54) is 13.3 Å². The van der Waals surface area contributed by atoms with Crippen LogP contribution in [0.4, 0.5) is 0 Å². The van der Waals surface area contributed by atoms with Crippen molar-refractivity contribution < 1.29 is 4.74 Å². The van der Waals surface area contributed by atoms with E-state index in [-0.39, 0.29) is 0 Å². The van der Waals surface area contributed by atoms with Gasteiger partial charge in [-0.25, -0.2) is 4.98 Å². The van der Waals surface area contributed by atoms with E-state index in [9.17, 15) is 0 Å². The molecule has 0 aliphatic heterocycles. The fourth-order valence-corrected chi connectivity index (χ4v) is 0.546. The Morgan fingerprint density at radius 3 is 3.20 bits per heavy atom. The third-order valence-corrected chi connectivity index (χ3v) is 1.02. The summed E-state index contributed by atoms with van der Waals surface area (Å²) in [6.45, 7) is 0. The topological polar surface area (TPSA) is 45.9 Å². The quantitative estimate of drug-likeness (QED) is 0.568. The highest BCUT2D eigenvalue weighted by molar-refractivity contribution is 5.31. The molecule has 0 saturated heterocycles. The Balaban J connectivity index is 3.01. The first kappa shape index (κ1) is 6.56. The Hall–Kier alpha value is -1.56. The number of aromatic nitrogens is 1. The highest BCUT2D eigenvalue weighted by Gasteiger charge is 1.93. The van der Waals surface area contributed by atoms with Gasteiger partial charge in [0.15, 0.2) is 0 Å². The minimum absolute atomic E-state index is 0.388.